The number of nitrogens with zero attached hydrogens (tertiary/aromatic N) is 1. The summed E-state index contributed by atoms with van der Waals surface area (Å²) in [4.78, 5) is 62.2. The molecule has 2 unspecified atom stereocenters. The minimum absolute atomic E-state index is 0.0264. The van der Waals surface area contributed by atoms with Crippen LogP contribution in [0.2, 0.25) is 0 Å². The van der Waals surface area contributed by atoms with Gasteiger partial charge in [0.2, 0.25) is 17.7 Å². The van der Waals surface area contributed by atoms with E-state index in [2.05, 4.69) is 21.3 Å². The molecule has 1 heterocycles. The van der Waals surface area contributed by atoms with Gasteiger partial charge in [-0.3, -0.25) is 29.3 Å². The van der Waals surface area contributed by atoms with Crippen molar-refractivity contribution in [3.05, 3.63) is 33.9 Å². The van der Waals surface area contributed by atoms with Crippen molar-refractivity contribution in [3.63, 3.8) is 0 Å². The van der Waals surface area contributed by atoms with Crippen molar-refractivity contribution in [1.82, 2.24) is 16.0 Å². The molecular formula is C23H35N7O6. The number of rotatable bonds is 8. The second-order valence-corrected chi connectivity index (χ2v) is 8.85. The summed E-state index contributed by atoms with van der Waals surface area (Å²) in [5, 5.41) is 22.3. The van der Waals surface area contributed by atoms with E-state index >= 15 is 0 Å². The summed E-state index contributed by atoms with van der Waals surface area (Å²) >= 11 is 0. The monoisotopic (exact) mass is 505 g/mol. The van der Waals surface area contributed by atoms with E-state index in [0.29, 0.717) is 25.8 Å². The fourth-order valence-electron chi connectivity index (χ4n) is 3.84. The Morgan fingerprint density at radius 2 is 1.89 bits per heavy atom. The van der Waals surface area contributed by atoms with Gasteiger partial charge in [-0.05, 0) is 44.2 Å². The maximum Gasteiger partial charge on any atom is 0.270 e. The number of primary amides is 1. The predicted molar refractivity (Wildman–Crippen MR) is 133 cm³/mol. The van der Waals surface area contributed by atoms with E-state index in [-0.39, 0.29) is 42.2 Å². The molecule has 1 aliphatic rings. The summed E-state index contributed by atoms with van der Waals surface area (Å²) in [6.07, 6.45) is 2.07. The fourth-order valence-corrected chi connectivity index (χ4v) is 3.84. The molecule has 13 nitrogen and oxygen atoms in total. The number of nitro groups is 1. The van der Waals surface area contributed by atoms with Gasteiger partial charge >= 0.3 is 0 Å². The van der Waals surface area contributed by atoms with Crippen molar-refractivity contribution in [2.75, 3.05) is 18.4 Å². The van der Waals surface area contributed by atoms with Gasteiger partial charge in [0.15, 0.2) is 0 Å². The van der Waals surface area contributed by atoms with Gasteiger partial charge in [-0.1, -0.05) is 20.3 Å². The van der Waals surface area contributed by atoms with Crippen molar-refractivity contribution < 1.29 is 24.1 Å². The van der Waals surface area contributed by atoms with Gasteiger partial charge in [0.05, 0.1) is 10.5 Å². The number of nitrogens with one attached hydrogen (secondary N) is 4. The largest absolute Gasteiger partial charge is 0.384 e. The lowest BCUT2D eigenvalue weighted by Crippen LogP contribution is -2.58. The molecule has 13 heteroatoms. The molecule has 4 atom stereocenters. The number of amides is 4. The van der Waals surface area contributed by atoms with Gasteiger partial charge in [-0.15, -0.1) is 0 Å². The zero-order valence-electron chi connectivity index (χ0n) is 20.5. The molecule has 0 saturated heterocycles. The first-order chi connectivity index (χ1) is 17.1. The minimum atomic E-state index is -1.04. The normalized spacial score (nSPS) is 22.1. The number of benzene rings is 1. The summed E-state index contributed by atoms with van der Waals surface area (Å²) in [7, 11) is 0. The van der Waals surface area contributed by atoms with Gasteiger partial charge in [0.1, 0.15) is 18.1 Å². The molecule has 0 aliphatic carbocycles. The molecule has 1 aromatic carbocycles. The Morgan fingerprint density at radius 1 is 1.17 bits per heavy atom. The highest BCUT2D eigenvalue weighted by Crippen LogP contribution is 2.23. The van der Waals surface area contributed by atoms with E-state index in [1.807, 2.05) is 6.92 Å². The average Bonchev–Trinajstić information content (AvgIpc) is 2.84. The summed E-state index contributed by atoms with van der Waals surface area (Å²) in [5.41, 5.74) is 11.0. The molecule has 0 bridgehead atoms. The molecule has 198 valence electrons. The molecule has 4 amide bonds. The number of hydrogen-bond donors (Lipinski definition) is 6. The van der Waals surface area contributed by atoms with Crippen LogP contribution in [0.25, 0.3) is 0 Å². The molecule has 0 fully saturated rings. The standard InChI is InChI=1S/C23H35N7O6/c1-3-13(2)19-23(34)28-18(6-4-5-10-24)22(33)27-17(20(25)31)9-11-26-16-8-7-14(30(35)36)12-15(16)21(32)29-19/h7-8,12-13,17-19,26H,3-6,9-11,24H2,1-2H3,(H2,25,31)(H,27,33)(H,28,34)(H,29,32)/t13?,17?,18-,19-/m0/s1. The third kappa shape index (κ3) is 7.63. The van der Waals surface area contributed by atoms with Crippen molar-refractivity contribution in [3.8, 4) is 0 Å². The van der Waals surface area contributed by atoms with Gasteiger partial charge in [-0.25, -0.2) is 0 Å². The van der Waals surface area contributed by atoms with Crippen LogP contribution in [0.3, 0.4) is 0 Å². The van der Waals surface area contributed by atoms with E-state index in [1.54, 1.807) is 6.92 Å². The summed E-state index contributed by atoms with van der Waals surface area (Å²) in [6.45, 7) is 4.16. The number of carbonyl (C=O) groups excluding carboxylic acids is 4. The summed E-state index contributed by atoms with van der Waals surface area (Å²) in [6, 6.07) is 0.705. The van der Waals surface area contributed by atoms with Crippen LogP contribution in [0, 0.1) is 16.0 Å². The highest BCUT2D eigenvalue weighted by atomic mass is 16.6. The van der Waals surface area contributed by atoms with Crippen molar-refractivity contribution in [2.24, 2.45) is 17.4 Å². The third-order valence-corrected chi connectivity index (χ3v) is 6.23. The lowest BCUT2D eigenvalue weighted by atomic mass is 9.96. The summed E-state index contributed by atoms with van der Waals surface area (Å²) in [5.74, 6) is -2.91. The lowest BCUT2D eigenvalue weighted by molar-refractivity contribution is -0.384. The Hall–Kier alpha value is -3.74. The minimum Gasteiger partial charge on any atom is -0.384 e. The van der Waals surface area contributed by atoms with Crippen LogP contribution in [0.1, 0.15) is 56.3 Å². The number of hydrogen-bond acceptors (Lipinski definition) is 8. The van der Waals surface area contributed by atoms with E-state index in [0.717, 1.165) is 6.07 Å². The number of unbranched alkanes of at least 4 members (excludes halogenated alkanes) is 1. The third-order valence-electron chi connectivity index (χ3n) is 6.23. The number of non-ortho nitro benzene ring substituents is 1. The highest BCUT2D eigenvalue weighted by Gasteiger charge is 2.32. The van der Waals surface area contributed by atoms with E-state index in [1.165, 1.54) is 12.1 Å². The van der Waals surface area contributed by atoms with Gasteiger partial charge in [0.25, 0.3) is 11.6 Å². The van der Waals surface area contributed by atoms with Crippen LogP contribution < -0.4 is 32.7 Å². The number of anilines is 1. The summed E-state index contributed by atoms with van der Waals surface area (Å²) < 4.78 is 0. The van der Waals surface area contributed by atoms with Crippen LogP contribution >= 0.6 is 0 Å². The average molecular weight is 506 g/mol. The van der Waals surface area contributed by atoms with Crippen molar-refractivity contribution in [2.45, 2.75) is 64.1 Å². The topological polar surface area (TPSA) is 212 Å². The lowest BCUT2D eigenvalue weighted by Gasteiger charge is -2.28. The van der Waals surface area contributed by atoms with Crippen LogP contribution in [-0.4, -0.2) is 59.8 Å². The van der Waals surface area contributed by atoms with Gasteiger partial charge in [-0.2, -0.15) is 0 Å². The molecule has 0 radical (unpaired) electrons. The first-order valence-electron chi connectivity index (χ1n) is 12.0. The molecular weight excluding hydrogens is 470 g/mol. The Bertz CT molecular complexity index is 986. The molecule has 0 saturated carbocycles. The van der Waals surface area contributed by atoms with E-state index < -0.39 is 46.7 Å². The fraction of sp³-hybridized carbons (Fsp3) is 0.565. The molecule has 0 spiro atoms. The first kappa shape index (κ1) is 28.5. The highest BCUT2D eigenvalue weighted by molar-refractivity contribution is 6.03. The maximum atomic E-state index is 13.3. The first-order valence-corrected chi connectivity index (χ1v) is 12.0. The Balaban J connectivity index is 2.50. The number of nitrogens with two attached hydrogens (primary N) is 2. The van der Waals surface area contributed by atoms with Crippen LogP contribution in [0.5, 0.6) is 0 Å². The molecule has 36 heavy (non-hydrogen) atoms. The molecule has 1 aromatic rings. The quantitative estimate of drug-likeness (QED) is 0.162. The maximum absolute atomic E-state index is 13.3. The Kier molecular flexibility index (Phi) is 10.6. The zero-order valence-corrected chi connectivity index (χ0v) is 20.5. The smallest absolute Gasteiger partial charge is 0.270 e. The van der Waals surface area contributed by atoms with Crippen molar-refractivity contribution >= 4 is 35.0 Å². The van der Waals surface area contributed by atoms with Gasteiger partial charge in [0, 0.05) is 24.4 Å². The molecule has 8 N–H and O–H groups in total. The second-order valence-electron chi connectivity index (χ2n) is 8.85. The van der Waals surface area contributed by atoms with E-state index in [4.69, 9.17) is 11.5 Å². The molecule has 0 aromatic heterocycles. The number of nitro benzene ring substituents is 1. The molecule has 1 aliphatic heterocycles. The number of fused-ring (bicyclic) bond motifs is 1. The molecule has 2 rings (SSSR count). The number of carbonyl (C=O) groups is 4. The predicted octanol–water partition coefficient (Wildman–Crippen LogP) is 0.139. The van der Waals surface area contributed by atoms with Crippen LogP contribution in [0.4, 0.5) is 11.4 Å². The Morgan fingerprint density at radius 3 is 2.50 bits per heavy atom. The van der Waals surface area contributed by atoms with Crippen LogP contribution in [0.15, 0.2) is 18.2 Å². The second kappa shape index (κ2) is 13.4. The zero-order chi connectivity index (χ0) is 26.8. The Labute approximate surface area is 209 Å². The van der Waals surface area contributed by atoms with E-state index in [9.17, 15) is 29.3 Å². The van der Waals surface area contributed by atoms with Crippen LogP contribution in [-0.2, 0) is 14.4 Å². The SMILES string of the molecule is CCC(C)[C@@H]1NC(=O)c2cc([N+](=O)[O-])ccc2NCCC(C(N)=O)NC(=O)[C@H](CCCCN)NC1=O. The van der Waals surface area contributed by atoms with Crippen molar-refractivity contribution in [1.29, 1.82) is 0 Å². The van der Waals surface area contributed by atoms with Gasteiger partial charge < -0.3 is 32.7 Å².